The second-order valence-electron chi connectivity index (χ2n) is 6.83. The van der Waals surface area contributed by atoms with Crippen molar-refractivity contribution < 1.29 is 32.2 Å². The van der Waals surface area contributed by atoms with E-state index in [4.69, 9.17) is 4.74 Å². The molecule has 0 aliphatic carbocycles. The fraction of sp³-hybridized carbons (Fsp3) is 0.238. The number of esters is 1. The lowest BCUT2D eigenvalue weighted by molar-refractivity contribution is -0.154. The fourth-order valence-electron chi connectivity index (χ4n) is 2.61. The Hall–Kier alpha value is -3.89. The van der Waals surface area contributed by atoms with Gasteiger partial charge in [0.25, 0.3) is 5.91 Å². The van der Waals surface area contributed by atoms with Gasteiger partial charge in [0.15, 0.2) is 13.2 Å². The van der Waals surface area contributed by atoms with E-state index in [1.54, 1.807) is 17.7 Å². The summed E-state index contributed by atoms with van der Waals surface area (Å²) in [6.45, 7) is 1.65. The van der Waals surface area contributed by atoms with E-state index < -0.39 is 31.3 Å². The maximum absolute atomic E-state index is 12.3. The average Bonchev–Trinajstić information content (AvgIpc) is 3.10. The summed E-state index contributed by atoms with van der Waals surface area (Å²) in [5.41, 5.74) is 2.45. The molecule has 1 amide bonds. The van der Waals surface area contributed by atoms with Crippen LogP contribution in [0.15, 0.2) is 48.7 Å². The van der Waals surface area contributed by atoms with Crippen molar-refractivity contribution in [3.05, 3.63) is 65.5 Å². The van der Waals surface area contributed by atoms with Crippen molar-refractivity contribution in [1.82, 2.24) is 14.8 Å². The Morgan fingerprint density at radius 1 is 1.09 bits per heavy atom. The standard InChI is InChI=1S/C21H19F3N4O4/c1-13-3-6-16(7-4-13)28-17(9-14(2)27-28)26-18(29)11-31-20(30)15-5-8-19(25-10-15)32-12-21(22,23)24/h3-10H,11-12H2,1-2H3,(H,26,29). The molecule has 8 nitrogen and oxygen atoms in total. The summed E-state index contributed by atoms with van der Waals surface area (Å²) in [6, 6.07) is 11.5. The van der Waals surface area contributed by atoms with E-state index in [0.717, 1.165) is 23.5 Å². The highest BCUT2D eigenvalue weighted by atomic mass is 19.4. The van der Waals surface area contributed by atoms with Crippen molar-refractivity contribution in [1.29, 1.82) is 0 Å². The number of alkyl halides is 3. The largest absolute Gasteiger partial charge is 0.468 e. The van der Waals surface area contributed by atoms with Crippen molar-refractivity contribution in [2.75, 3.05) is 18.5 Å². The molecular weight excluding hydrogens is 429 g/mol. The minimum absolute atomic E-state index is 0.0438. The molecule has 1 N–H and O–H groups in total. The third-order valence-electron chi connectivity index (χ3n) is 4.07. The number of halogens is 3. The Kier molecular flexibility index (Phi) is 6.76. The topological polar surface area (TPSA) is 95.3 Å². The molecule has 2 aromatic heterocycles. The van der Waals surface area contributed by atoms with Gasteiger partial charge in [-0.05, 0) is 32.0 Å². The van der Waals surface area contributed by atoms with Crippen molar-refractivity contribution in [3.8, 4) is 11.6 Å². The highest BCUT2D eigenvalue weighted by Crippen LogP contribution is 2.19. The summed E-state index contributed by atoms with van der Waals surface area (Å²) in [4.78, 5) is 27.9. The van der Waals surface area contributed by atoms with E-state index in [0.29, 0.717) is 11.5 Å². The molecule has 0 saturated carbocycles. The number of aromatic nitrogens is 3. The molecule has 11 heteroatoms. The van der Waals surface area contributed by atoms with Crippen LogP contribution in [0.4, 0.5) is 19.0 Å². The second kappa shape index (κ2) is 9.50. The van der Waals surface area contributed by atoms with Crippen molar-refractivity contribution in [2.24, 2.45) is 0 Å². The van der Waals surface area contributed by atoms with Gasteiger partial charge in [0.2, 0.25) is 5.88 Å². The lowest BCUT2D eigenvalue weighted by Crippen LogP contribution is -2.22. The summed E-state index contributed by atoms with van der Waals surface area (Å²) >= 11 is 0. The molecule has 0 fully saturated rings. The van der Waals surface area contributed by atoms with Crippen LogP contribution in [-0.4, -0.2) is 46.0 Å². The number of ether oxygens (including phenoxy) is 2. The van der Waals surface area contributed by atoms with Crippen LogP contribution >= 0.6 is 0 Å². The first kappa shape index (κ1) is 22.8. The monoisotopic (exact) mass is 448 g/mol. The van der Waals surface area contributed by atoms with E-state index >= 15 is 0 Å². The number of amides is 1. The third kappa shape index (κ3) is 6.30. The van der Waals surface area contributed by atoms with Gasteiger partial charge in [0, 0.05) is 18.3 Å². The van der Waals surface area contributed by atoms with Gasteiger partial charge in [0.05, 0.1) is 16.9 Å². The lowest BCUT2D eigenvalue weighted by Gasteiger charge is -2.10. The highest BCUT2D eigenvalue weighted by molar-refractivity contribution is 5.95. The molecule has 0 bridgehead atoms. The minimum atomic E-state index is -4.50. The SMILES string of the molecule is Cc1ccc(-n2nc(C)cc2NC(=O)COC(=O)c2ccc(OCC(F)(F)F)nc2)cc1. The number of carbonyl (C=O) groups is 2. The number of aryl methyl sites for hydroxylation is 2. The van der Waals surface area contributed by atoms with Crippen LogP contribution < -0.4 is 10.1 Å². The van der Waals surface area contributed by atoms with E-state index in [9.17, 15) is 22.8 Å². The average molecular weight is 448 g/mol. The van der Waals surface area contributed by atoms with E-state index in [1.165, 1.54) is 6.07 Å². The number of pyridine rings is 1. The van der Waals surface area contributed by atoms with Crippen LogP contribution in [0.25, 0.3) is 5.69 Å². The van der Waals surface area contributed by atoms with E-state index in [-0.39, 0.29) is 11.4 Å². The van der Waals surface area contributed by atoms with Crippen LogP contribution in [0.3, 0.4) is 0 Å². The molecule has 0 aliphatic rings. The smallest absolute Gasteiger partial charge is 0.422 e. The molecule has 1 aromatic carbocycles. The molecule has 0 aliphatic heterocycles. The highest BCUT2D eigenvalue weighted by Gasteiger charge is 2.28. The molecule has 32 heavy (non-hydrogen) atoms. The van der Waals surface area contributed by atoms with Crippen molar-refractivity contribution in [3.63, 3.8) is 0 Å². The van der Waals surface area contributed by atoms with Crippen molar-refractivity contribution >= 4 is 17.7 Å². The zero-order valence-electron chi connectivity index (χ0n) is 17.1. The van der Waals surface area contributed by atoms with E-state index in [1.807, 2.05) is 31.2 Å². The van der Waals surface area contributed by atoms with Crippen LogP contribution in [0.2, 0.25) is 0 Å². The van der Waals surface area contributed by atoms with Gasteiger partial charge in [-0.3, -0.25) is 4.79 Å². The maximum atomic E-state index is 12.3. The molecule has 2 heterocycles. The summed E-state index contributed by atoms with van der Waals surface area (Å²) < 4.78 is 47.4. The summed E-state index contributed by atoms with van der Waals surface area (Å²) in [5.74, 6) is -1.35. The fourth-order valence-corrected chi connectivity index (χ4v) is 2.61. The third-order valence-corrected chi connectivity index (χ3v) is 4.07. The van der Waals surface area contributed by atoms with Crippen LogP contribution in [0.1, 0.15) is 21.6 Å². The Morgan fingerprint density at radius 2 is 1.81 bits per heavy atom. The molecule has 0 atom stereocenters. The first-order valence-corrected chi connectivity index (χ1v) is 9.37. The van der Waals surface area contributed by atoms with Crippen LogP contribution in [0.5, 0.6) is 5.88 Å². The molecule has 0 radical (unpaired) electrons. The van der Waals surface area contributed by atoms with Crippen molar-refractivity contribution in [2.45, 2.75) is 20.0 Å². The minimum Gasteiger partial charge on any atom is -0.468 e. The Labute approximate surface area is 181 Å². The second-order valence-corrected chi connectivity index (χ2v) is 6.83. The summed E-state index contributed by atoms with van der Waals surface area (Å²) in [6.07, 6.45) is -3.50. The molecule has 168 valence electrons. The normalized spacial score (nSPS) is 11.2. The van der Waals surface area contributed by atoms with Gasteiger partial charge in [-0.25, -0.2) is 14.5 Å². The van der Waals surface area contributed by atoms with Gasteiger partial charge in [0.1, 0.15) is 5.82 Å². The number of hydrogen-bond acceptors (Lipinski definition) is 6. The van der Waals surface area contributed by atoms with Gasteiger partial charge in [-0.15, -0.1) is 0 Å². The van der Waals surface area contributed by atoms with E-state index in [2.05, 4.69) is 20.1 Å². The predicted octanol–water partition coefficient (Wildman–Crippen LogP) is 3.62. The van der Waals surface area contributed by atoms with Gasteiger partial charge in [-0.1, -0.05) is 17.7 Å². The molecule has 3 aromatic rings. The zero-order chi connectivity index (χ0) is 23.3. The van der Waals surface area contributed by atoms with Gasteiger partial charge < -0.3 is 14.8 Å². The number of carbonyl (C=O) groups excluding carboxylic acids is 2. The molecule has 0 unspecified atom stereocenters. The summed E-state index contributed by atoms with van der Waals surface area (Å²) in [7, 11) is 0. The number of anilines is 1. The first-order valence-electron chi connectivity index (χ1n) is 9.37. The van der Waals surface area contributed by atoms with Crippen LogP contribution in [-0.2, 0) is 9.53 Å². The number of nitrogens with zero attached hydrogens (tertiary/aromatic N) is 3. The quantitative estimate of drug-likeness (QED) is 0.555. The maximum Gasteiger partial charge on any atom is 0.422 e. The number of rotatable bonds is 7. The number of benzene rings is 1. The summed E-state index contributed by atoms with van der Waals surface area (Å²) in [5, 5.41) is 6.98. The Bertz CT molecular complexity index is 1090. The number of hydrogen-bond donors (Lipinski definition) is 1. The van der Waals surface area contributed by atoms with Gasteiger partial charge in [-0.2, -0.15) is 18.3 Å². The van der Waals surface area contributed by atoms with Gasteiger partial charge >= 0.3 is 12.1 Å². The Morgan fingerprint density at radius 3 is 2.44 bits per heavy atom. The predicted molar refractivity (Wildman–Crippen MR) is 108 cm³/mol. The molecule has 3 rings (SSSR count). The molecule has 0 spiro atoms. The zero-order valence-corrected chi connectivity index (χ0v) is 17.1. The van der Waals surface area contributed by atoms with Crippen LogP contribution in [0, 0.1) is 13.8 Å². The Balaban J connectivity index is 1.56. The first-order chi connectivity index (χ1) is 15.1. The number of nitrogens with one attached hydrogen (secondary N) is 1. The molecular formula is C21H19F3N4O4. The molecule has 0 saturated heterocycles. The lowest BCUT2D eigenvalue weighted by atomic mass is 10.2.